The third-order valence-electron chi connectivity index (χ3n) is 7.82. The molecule has 0 N–H and O–H groups in total. The van der Waals surface area contributed by atoms with Gasteiger partial charge in [0.25, 0.3) is 0 Å². The molecule has 0 spiro atoms. The number of likely N-dealkylation sites (N-methyl/N-ethyl adjacent to an activating group) is 1. The molecule has 6 rings (SSSR count). The lowest BCUT2D eigenvalue weighted by atomic mass is 10.1. The number of amides is 1. The van der Waals surface area contributed by atoms with Gasteiger partial charge in [-0.2, -0.15) is 9.78 Å². The number of ether oxygens (including phenoxy) is 1. The molecule has 220 valence electrons. The maximum absolute atomic E-state index is 13.5. The lowest BCUT2D eigenvalue weighted by Crippen LogP contribution is -2.47. The Bertz CT molecular complexity index is 1620. The Hall–Kier alpha value is -3.64. The van der Waals surface area contributed by atoms with Crippen LogP contribution in [0.2, 0.25) is 0 Å². The summed E-state index contributed by atoms with van der Waals surface area (Å²) in [7, 11) is 3.92. The molecule has 42 heavy (non-hydrogen) atoms. The largest absolute Gasteiger partial charge is 0.378 e. The second-order valence-electron chi connectivity index (χ2n) is 10.5. The van der Waals surface area contributed by atoms with Crippen molar-refractivity contribution in [1.82, 2.24) is 29.4 Å². The number of hydrogen-bond donors (Lipinski definition) is 0. The van der Waals surface area contributed by atoms with E-state index in [1.54, 1.807) is 23.5 Å². The molecule has 1 atom stereocenters. The fraction of sp³-hybridized carbons (Fsp3) is 0.464. The Morgan fingerprint density at radius 2 is 1.93 bits per heavy atom. The molecule has 1 aromatic carbocycles. The van der Waals surface area contributed by atoms with Crippen molar-refractivity contribution in [1.29, 1.82) is 5.26 Å². The first-order valence-electron chi connectivity index (χ1n) is 14.0. The lowest BCUT2D eigenvalue weighted by Gasteiger charge is -2.30. The van der Waals surface area contributed by atoms with Gasteiger partial charge in [-0.15, -0.1) is 5.10 Å². The van der Waals surface area contributed by atoms with Crippen molar-refractivity contribution in [3.05, 3.63) is 40.7 Å². The monoisotopic (exact) mass is 609 g/mol. The molecule has 1 amide bonds. The van der Waals surface area contributed by atoms with E-state index in [4.69, 9.17) is 19.8 Å². The first-order chi connectivity index (χ1) is 20.4. The van der Waals surface area contributed by atoms with Gasteiger partial charge in [0.15, 0.2) is 10.9 Å². The summed E-state index contributed by atoms with van der Waals surface area (Å²) in [5.74, 6) is 0.620. The third-order valence-corrected chi connectivity index (χ3v) is 9.82. The van der Waals surface area contributed by atoms with E-state index in [0.717, 1.165) is 41.1 Å². The first-order valence-corrected chi connectivity index (χ1v) is 15.6. The van der Waals surface area contributed by atoms with E-state index in [1.165, 1.54) is 23.5 Å². The molecule has 5 heterocycles. The first kappa shape index (κ1) is 28.5. The van der Waals surface area contributed by atoms with Gasteiger partial charge in [0.2, 0.25) is 16.0 Å². The summed E-state index contributed by atoms with van der Waals surface area (Å²) in [6, 6.07) is 8.50. The van der Waals surface area contributed by atoms with Crippen LogP contribution in [0, 0.1) is 17.1 Å². The number of nitrogens with zero attached hydrogens (tertiary/aromatic N) is 9. The van der Waals surface area contributed by atoms with Gasteiger partial charge in [-0.1, -0.05) is 29.6 Å². The van der Waals surface area contributed by atoms with Crippen molar-refractivity contribution < 1.29 is 13.9 Å². The highest BCUT2D eigenvalue weighted by molar-refractivity contribution is 7.20. The molecule has 2 fully saturated rings. The SMILES string of the molecule is CCc1nc2sc(N3CCC(N(C)CC(=O)N4CCOCC4)C3)nn2c1N(C)c1nc(-c2ccc(F)cc2)c(C#N)s1. The number of hydrogen-bond acceptors (Lipinski definition) is 11. The zero-order chi connectivity index (χ0) is 29.4. The van der Waals surface area contributed by atoms with E-state index in [9.17, 15) is 14.4 Å². The van der Waals surface area contributed by atoms with Crippen LogP contribution in [0.15, 0.2) is 24.3 Å². The van der Waals surface area contributed by atoms with Crippen LogP contribution in [0.1, 0.15) is 23.9 Å². The fourth-order valence-corrected chi connectivity index (χ4v) is 7.22. The fourth-order valence-electron chi connectivity index (χ4n) is 5.42. The number of aryl methyl sites for hydroxylation is 1. The minimum atomic E-state index is -0.337. The number of anilines is 3. The molecule has 14 heteroatoms. The van der Waals surface area contributed by atoms with Crippen molar-refractivity contribution in [2.45, 2.75) is 25.8 Å². The highest BCUT2D eigenvalue weighted by Gasteiger charge is 2.31. The molecule has 2 aliphatic heterocycles. The minimum absolute atomic E-state index is 0.149. The second kappa shape index (κ2) is 11.9. The van der Waals surface area contributed by atoms with E-state index in [2.05, 4.69) is 22.8 Å². The number of benzene rings is 1. The second-order valence-corrected chi connectivity index (χ2v) is 12.4. The average Bonchev–Trinajstić information content (AvgIpc) is 3.80. The van der Waals surface area contributed by atoms with E-state index in [0.29, 0.717) is 60.5 Å². The number of imidazole rings is 1. The average molecular weight is 610 g/mol. The molecule has 1 unspecified atom stereocenters. The summed E-state index contributed by atoms with van der Waals surface area (Å²) in [6.07, 6.45) is 1.66. The number of carbonyl (C=O) groups is 1. The molecule has 3 aromatic heterocycles. The van der Waals surface area contributed by atoms with Gasteiger partial charge in [-0.3, -0.25) is 9.69 Å². The number of halogens is 1. The number of carbonyl (C=O) groups excluding carboxylic acids is 1. The Balaban J connectivity index is 1.21. The van der Waals surface area contributed by atoms with Gasteiger partial charge in [0, 0.05) is 44.8 Å². The van der Waals surface area contributed by atoms with Crippen LogP contribution in [0.5, 0.6) is 0 Å². The predicted molar refractivity (Wildman–Crippen MR) is 161 cm³/mol. The number of morpholine rings is 1. The van der Waals surface area contributed by atoms with E-state index in [-0.39, 0.29) is 17.8 Å². The van der Waals surface area contributed by atoms with Gasteiger partial charge < -0.3 is 19.4 Å². The number of nitriles is 1. The van der Waals surface area contributed by atoms with Gasteiger partial charge in [-0.25, -0.2) is 14.4 Å². The predicted octanol–water partition coefficient (Wildman–Crippen LogP) is 3.62. The van der Waals surface area contributed by atoms with Crippen LogP contribution in [0.4, 0.5) is 20.5 Å². The molecule has 4 aromatic rings. The van der Waals surface area contributed by atoms with Crippen molar-refractivity contribution >= 4 is 49.6 Å². The van der Waals surface area contributed by atoms with Gasteiger partial charge in [-0.05, 0) is 44.2 Å². The zero-order valence-corrected chi connectivity index (χ0v) is 25.4. The number of rotatable bonds is 8. The van der Waals surface area contributed by atoms with Crippen molar-refractivity contribution in [3.63, 3.8) is 0 Å². The maximum atomic E-state index is 13.5. The van der Waals surface area contributed by atoms with Crippen LogP contribution >= 0.6 is 22.7 Å². The van der Waals surface area contributed by atoms with Gasteiger partial charge in [0.1, 0.15) is 22.5 Å². The summed E-state index contributed by atoms with van der Waals surface area (Å²) in [6.45, 7) is 6.61. The summed E-state index contributed by atoms with van der Waals surface area (Å²) in [4.78, 5) is 31.9. The summed E-state index contributed by atoms with van der Waals surface area (Å²) < 4.78 is 20.7. The molecule has 2 saturated heterocycles. The molecular formula is C28H32FN9O2S2. The van der Waals surface area contributed by atoms with E-state index in [1.807, 2.05) is 28.4 Å². The van der Waals surface area contributed by atoms with Crippen LogP contribution in [-0.4, -0.2) is 101 Å². The van der Waals surface area contributed by atoms with Crippen molar-refractivity contribution in [3.8, 4) is 17.3 Å². The Labute approximate surface area is 251 Å². The van der Waals surface area contributed by atoms with Crippen LogP contribution < -0.4 is 9.80 Å². The Morgan fingerprint density at radius 1 is 1.17 bits per heavy atom. The molecule has 0 bridgehead atoms. The van der Waals surface area contributed by atoms with E-state index < -0.39 is 0 Å². The third kappa shape index (κ3) is 5.45. The quantitative estimate of drug-likeness (QED) is 0.296. The highest BCUT2D eigenvalue weighted by Crippen LogP contribution is 2.38. The highest BCUT2D eigenvalue weighted by atomic mass is 32.1. The number of thiazole rings is 1. The molecule has 0 radical (unpaired) electrons. The lowest BCUT2D eigenvalue weighted by molar-refractivity contribution is -0.136. The van der Waals surface area contributed by atoms with Gasteiger partial charge >= 0.3 is 0 Å². The maximum Gasteiger partial charge on any atom is 0.236 e. The smallest absolute Gasteiger partial charge is 0.236 e. The molecule has 11 nitrogen and oxygen atoms in total. The summed E-state index contributed by atoms with van der Waals surface area (Å²) in [5, 5.41) is 16.3. The molecule has 2 aliphatic rings. The van der Waals surface area contributed by atoms with Crippen molar-refractivity contribution in [2.24, 2.45) is 0 Å². The standard InChI is InChI=1S/C28H32FN9O2S2/c1-4-21-25(35(3)26-32-24(22(15-30)41-26)18-5-7-19(29)8-6-18)38-27(31-21)42-28(33-38)37-10-9-20(16-37)34(2)17-23(39)36-11-13-40-14-12-36/h5-8,20H,4,9-14,16-17H2,1-3H3. The van der Waals surface area contributed by atoms with Crippen LogP contribution in [0.3, 0.4) is 0 Å². The van der Waals surface area contributed by atoms with Crippen LogP contribution in [0.25, 0.3) is 16.2 Å². The van der Waals surface area contributed by atoms with Crippen molar-refractivity contribution in [2.75, 3.05) is 69.8 Å². The minimum Gasteiger partial charge on any atom is -0.378 e. The number of fused-ring (bicyclic) bond motifs is 1. The number of aromatic nitrogens is 4. The Kier molecular flexibility index (Phi) is 8.09. The summed E-state index contributed by atoms with van der Waals surface area (Å²) in [5.41, 5.74) is 2.11. The summed E-state index contributed by atoms with van der Waals surface area (Å²) >= 11 is 2.83. The molecule has 0 saturated carbocycles. The Morgan fingerprint density at radius 3 is 2.64 bits per heavy atom. The molecule has 0 aliphatic carbocycles. The van der Waals surface area contributed by atoms with Crippen LogP contribution in [-0.2, 0) is 16.0 Å². The zero-order valence-electron chi connectivity index (χ0n) is 23.8. The van der Waals surface area contributed by atoms with Gasteiger partial charge in [0.05, 0.1) is 25.5 Å². The molecular weight excluding hydrogens is 578 g/mol. The topological polar surface area (TPSA) is 106 Å². The normalized spacial score (nSPS) is 17.4. The van der Waals surface area contributed by atoms with E-state index >= 15 is 0 Å².